The molecule has 16 heavy (non-hydrogen) atoms. The molecule has 0 unspecified atom stereocenters. The fourth-order valence-corrected chi connectivity index (χ4v) is 1.60. The normalized spacial score (nSPS) is 10.6. The molecule has 0 fully saturated rings. The van der Waals surface area contributed by atoms with Gasteiger partial charge in [0.1, 0.15) is 0 Å². The Balaban J connectivity index is 3.45. The Morgan fingerprint density at radius 2 is 2.06 bits per heavy atom. The molecular formula is C7H3FN2O5S. The molecule has 0 bridgehead atoms. The summed E-state index contributed by atoms with van der Waals surface area (Å²) in [7, 11) is -4.35. The van der Waals surface area contributed by atoms with E-state index in [1.54, 1.807) is 0 Å². The molecule has 0 aliphatic heterocycles. The highest BCUT2D eigenvalue weighted by Gasteiger charge is 2.20. The molecule has 0 aromatic heterocycles. The van der Waals surface area contributed by atoms with Crippen LogP contribution >= 0.6 is 0 Å². The molecule has 0 aliphatic rings. The molecule has 0 saturated carbocycles. The fraction of sp³-hybridized carbons (Fsp3) is 0. The number of nitro groups is 1. The summed E-state index contributed by atoms with van der Waals surface area (Å²) in [5, 5.41) is 10.3. The lowest BCUT2D eigenvalue weighted by Gasteiger charge is -1.97. The number of benzene rings is 1. The summed E-state index contributed by atoms with van der Waals surface area (Å²) in [6.45, 7) is 0. The van der Waals surface area contributed by atoms with Crippen molar-refractivity contribution in [3.63, 3.8) is 0 Å². The van der Waals surface area contributed by atoms with Crippen molar-refractivity contribution < 1.29 is 22.5 Å². The average molecular weight is 246 g/mol. The lowest BCUT2D eigenvalue weighted by atomic mass is 10.3. The van der Waals surface area contributed by atoms with Gasteiger partial charge in [0, 0.05) is 6.07 Å². The van der Waals surface area contributed by atoms with Gasteiger partial charge in [-0.3, -0.25) is 10.1 Å². The third-order valence-corrected chi connectivity index (χ3v) is 2.73. The Kier molecular flexibility index (Phi) is 3.11. The molecule has 0 aliphatic carbocycles. The van der Waals surface area contributed by atoms with Gasteiger partial charge in [-0.1, -0.05) is 4.40 Å². The predicted molar refractivity (Wildman–Crippen MR) is 48.4 cm³/mol. The van der Waals surface area contributed by atoms with E-state index in [0.717, 1.165) is 12.1 Å². The lowest BCUT2D eigenvalue weighted by molar-refractivity contribution is -0.387. The smallest absolute Gasteiger partial charge is 0.258 e. The molecule has 0 atom stereocenters. The standard InChI is InChI=1S/C7H3FN2O5S/c8-6-2-1-5(3-7(6)10(12)13)16(14,15)9-4-11/h1-3H. The summed E-state index contributed by atoms with van der Waals surface area (Å²) in [5.41, 5.74) is -1.01. The molecular weight excluding hydrogens is 243 g/mol. The summed E-state index contributed by atoms with van der Waals surface area (Å²) < 4.78 is 37.6. The van der Waals surface area contributed by atoms with Crippen molar-refractivity contribution in [3.8, 4) is 0 Å². The van der Waals surface area contributed by atoms with Crippen LogP contribution in [0.5, 0.6) is 0 Å². The van der Waals surface area contributed by atoms with E-state index in [0.29, 0.717) is 12.1 Å². The minimum absolute atomic E-state index is 0.478. The topological polar surface area (TPSA) is 107 Å². The number of nitrogens with zero attached hydrogens (tertiary/aromatic N) is 2. The van der Waals surface area contributed by atoms with Crippen LogP contribution in [0.4, 0.5) is 10.1 Å². The summed E-state index contributed by atoms with van der Waals surface area (Å²) in [4.78, 5) is 18.4. The Morgan fingerprint density at radius 1 is 1.44 bits per heavy atom. The zero-order valence-corrected chi connectivity index (χ0v) is 8.27. The van der Waals surface area contributed by atoms with E-state index >= 15 is 0 Å². The summed E-state index contributed by atoms with van der Waals surface area (Å²) in [6.07, 6.45) is 0.793. The summed E-state index contributed by atoms with van der Waals surface area (Å²) >= 11 is 0. The first-order valence-electron chi connectivity index (χ1n) is 3.66. The third kappa shape index (κ3) is 2.27. The molecule has 0 radical (unpaired) electrons. The van der Waals surface area contributed by atoms with Gasteiger partial charge in [-0.25, -0.2) is 4.79 Å². The van der Waals surface area contributed by atoms with Gasteiger partial charge in [-0.15, -0.1) is 0 Å². The number of halogens is 1. The number of isocyanates is 1. The Morgan fingerprint density at radius 3 is 2.56 bits per heavy atom. The quantitative estimate of drug-likeness (QED) is 0.338. The van der Waals surface area contributed by atoms with Gasteiger partial charge in [0.25, 0.3) is 16.1 Å². The summed E-state index contributed by atoms with van der Waals surface area (Å²) in [6, 6.07) is 1.84. The average Bonchev–Trinajstić information content (AvgIpc) is 2.17. The minimum atomic E-state index is -4.35. The van der Waals surface area contributed by atoms with Crippen LogP contribution in [0.15, 0.2) is 27.5 Å². The van der Waals surface area contributed by atoms with Crippen LogP contribution in [-0.4, -0.2) is 19.4 Å². The number of carbonyl (C=O) groups excluding carboxylic acids is 1. The Labute approximate surface area is 88.4 Å². The van der Waals surface area contributed by atoms with Gasteiger partial charge in [0.15, 0.2) is 0 Å². The lowest BCUT2D eigenvalue weighted by Crippen LogP contribution is -1.99. The van der Waals surface area contributed by atoms with E-state index < -0.39 is 31.3 Å². The van der Waals surface area contributed by atoms with Gasteiger partial charge in [0.05, 0.1) is 9.82 Å². The van der Waals surface area contributed by atoms with Gasteiger partial charge < -0.3 is 0 Å². The van der Waals surface area contributed by atoms with Crippen molar-refractivity contribution >= 4 is 21.8 Å². The van der Waals surface area contributed by atoms with Gasteiger partial charge >= 0.3 is 5.69 Å². The van der Waals surface area contributed by atoms with Crippen molar-refractivity contribution in [3.05, 3.63) is 34.1 Å². The number of nitro benzene ring substituents is 1. The number of rotatable bonds is 3. The molecule has 0 heterocycles. The van der Waals surface area contributed by atoms with E-state index in [9.17, 15) is 27.7 Å². The first kappa shape index (κ1) is 12.0. The minimum Gasteiger partial charge on any atom is -0.258 e. The predicted octanol–water partition coefficient (Wildman–Crippen LogP) is 0.758. The first-order chi connectivity index (χ1) is 7.38. The van der Waals surface area contributed by atoms with Crippen LogP contribution in [0.3, 0.4) is 0 Å². The maximum atomic E-state index is 12.8. The highest BCUT2D eigenvalue weighted by Crippen LogP contribution is 2.22. The number of hydrogen-bond acceptors (Lipinski definition) is 5. The van der Waals surface area contributed by atoms with Crippen molar-refractivity contribution in [2.24, 2.45) is 4.40 Å². The second-order valence-corrected chi connectivity index (χ2v) is 4.13. The highest BCUT2D eigenvalue weighted by molar-refractivity contribution is 7.90. The van der Waals surface area contributed by atoms with E-state index in [1.165, 1.54) is 0 Å². The fourth-order valence-electron chi connectivity index (χ4n) is 0.895. The molecule has 0 saturated heterocycles. The zero-order valence-electron chi connectivity index (χ0n) is 7.45. The van der Waals surface area contributed by atoms with Gasteiger partial charge in [-0.2, -0.15) is 12.8 Å². The molecule has 1 aromatic carbocycles. The molecule has 0 amide bonds. The molecule has 0 N–H and O–H groups in total. The van der Waals surface area contributed by atoms with Crippen LogP contribution in [0.1, 0.15) is 0 Å². The SMILES string of the molecule is O=C=NS(=O)(=O)c1ccc(F)c([N+](=O)[O-])c1. The van der Waals surface area contributed by atoms with Gasteiger partial charge in [-0.05, 0) is 12.1 Å². The second kappa shape index (κ2) is 4.17. The zero-order chi connectivity index (χ0) is 12.3. The number of sulfonamides is 1. The maximum absolute atomic E-state index is 12.8. The summed E-state index contributed by atoms with van der Waals surface area (Å²) in [5.74, 6) is -1.18. The van der Waals surface area contributed by atoms with E-state index in [-0.39, 0.29) is 0 Å². The highest BCUT2D eigenvalue weighted by atomic mass is 32.2. The Bertz CT molecular complexity index is 591. The molecule has 7 nitrogen and oxygen atoms in total. The van der Waals surface area contributed by atoms with Crippen molar-refractivity contribution in [1.29, 1.82) is 0 Å². The van der Waals surface area contributed by atoms with Crippen LogP contribution in [0, 0.1) is 15.9 Å². The van der Waals surface area contributed by atoms with E-state index in [4.69, 9.17) is 0 Å². The van der Waals surface area contributed by atoms with Gasteiger partial charge in [0.2, 0.25) is 5.82 Å². The van der Waals surface area contributed by atoms with Crippen LogP contribution < -0.4 is 0 Å². The van der Waals surface area contributed by atoms with Crippen molar-refractivity contribution in [1.82, 2.24) is 0 Å². The second-order valence-electron chi connectivity index (χ2n) is 2.53. The van der Waals surface area contributed by atoms with Crippen LogP contribution in [0.25, 0.3) is 0 Å². The van der Waals surface area contributed by atoms with Crippen molar-refractivity contribution in [2.75, 3.05) is 0 Å². The van der Waals surface area contributed by atoms with Crippen molar-refractivity contribution in [2.45, 2.75) is 4.90 Å². The molecule has 84 valence electrons. The molecule has 9 heteroatoms. The molecule has 1 aromatic rings. The number of hydrogen-bond donors (Lipinski definition) is 0. The van der Waals surface area contributed by atoms with E-state index in [1.807, 2.05) is 0 Å². The largest absolute Gasteiger partial charge is 0.306 e. The third-order valence-electron chi connectivity index (χ3n) is 1.57. The molecule has 0 spiro atoms. The van der Waals surface area contributed by atoms with Crippen LogP contribution in [0.2, 0.25) is 0 Å². The van der Waals surface area contributed by atoms with E-state index in [2.05, 4.69) is 4.40 Å². The first-order valence-corrected chi connectivity index (χ1v) is 5.10. The monoisotopic (exact) mass is 246 g/mol. The molecule has 1 rings (SSSR count). The van der Waals surface area contributed by atoms with Crippen LogP contribution in [-0.2, 0) is 14.8 Å². The Hall–Kier alpha value is -2.12. The maximum Gasteiger partial charge on any atom is 0.306 e.